The van der Waals surface area contributed by atoms with Crippen LogP contribution in [0.3, 0.4) is 0 Å². The molecule has 1 N–H and O–H groups in total. The maximum absolute atomic E-state index is 13.1. The Labute approximate surface area is 159 Å². The van der Waals surface area contributed by atoms with Gasteiger partial charge in [0.1, 0.15) is 16.5 Å². The van der Waals surface area contributed by atoms with E-state index in [1.54, 1.807) is 0 Å². The molecule has 0 atom stereocenters. The molecule has 0 amide bonds. The van der Waals surface area contributed by atoms with Crippen molar-refractivity contribution in [2.24, 2.45) is 0 Å². The summed E-state index contributed by atoms with van der Waals surface area (Å²) in [6, 6.07) is 8.96. The summed E-state index contributed by atoms with van der Waals surface area (Å²) in [6.07, 6.45) is 0. The first-order chi connectivity index (χ1) is 12.4. The molecule has 1 aromatic heterocycles. The molecule has 2 heterocycles. The van der Waals surface area contributed by atoms with E-state index in [9.17, 15) is 9.65 Å². The SMILES string of the molecule is Cc1c(C)c(C)n(C[NH+]2CCN(c3ccc(F)cc3)CC2)c(=S)c1C#N. The van der Waals surface area contributed by atoms with E-state index in [4.69, 9.17) is 12.2 Å². The van der Waals surface area contributed by atoms with Gasteiger partial charge in [0, 0.05) is 11.4 Å². The summed E-state index contributed by atoms with van der Waals surface area (Å²) in [7, 11) is 0. The Kier molecular flexibility index (Phi) is 5.40. The molecule has 0 saturated carbocycles. The number of anilines is 1. The van der Waals surface area contributed by atoms with Crippen LogP contribution in [-0.2, 0) is 6.67 Å². The Balaban J connectivity index is 1.74. The van der Waals surface area contributed by atoms with Crippen LogP contribution in [0.25, 0.3) is 0 Å². The van der Waals surface area contributed by atoms with Gasteiger partial charge < -0.3 is 9.80 Å². The second kappa shape index (κ2) is 7.56. The lowest BCUT2D eigenvalue weighted by molar-refractivity contribution is -0.923. The van der Waals surface area contributed by atoms with Crippen LogP contribution in [0.1, 0.15) is 22.4 Å². The third-order valence-electron chi connectivity index (χ3n) is 5.50. The van der Waals surface area contributed by atoms with Crippen molar-refractivity contribution >= 4 is 17.9 Å². The Morgan fingerprint density at radius 3 is 2.31 bits per heavy atom. The first kappa shape index (κ1) is 18.6. The summed E-state index contributed by atoms with van der Waals surface area (Å²) in [5, 5.41) is 9.46. The van der Waals surface area contributed by atoms with E-state index in [2.05, 4.69) is 29.4 Å². The highest BCUT2D eigenvalue weighted by Gasteiger charge is 2.22. The summed E-state index contributed by atoms with van der Waals surface area (Å²) in [5.74, 6) is -0.203. The summed E-state index contributed by atoms with van der Waals surface area (Å²) >= 11 is 5.59. The highest BCUT2D eigenvalue weighted by Crippen LogP contribution is 2.18. The molecular formula is C20H24FN4S+. The Morgan fingerprint density at radius 2 is 1.73 bits per heavy atom. The third kappa shape index (κ3) is 3.50. The minimum absolute atomic E-state index is 0.203. The van der Waals surface area contributed by atoms with Crippen LogP contribution in [0.5, 0.6) is 0 Å². The van der Waals surface area contributed by atoms with Gasteiger partial charge in [-0.15, -0.1) is 0 Å². The molecule has 1 aliphatic heterocycles. The fourth-order valence-electron chi connectivity index (χ4n) is 3.55. The lowest BCUT2D eigenvalue weighted by Gasteiger charge is -2.34. The summed E-state index contributed by atoms with van der Waals surface area (Å²) in [6.45, 7) is 10.7. The number of nitriles is 1. The quantitative estimate of drug-likeness (QED) is 0.843. The van der Waals surface area contributed by atoms with Crippen molar-refractivity contribution in [2.75, 3.05) is 31.1 Å². The average molecular weight is 372 g/mol. The summed E-state index contributed by atoms with van der Waals surface area (Å²) < 4.78 is 15.8. The molecule has 0 radical (unpaired) electrons. The maximum Gasteiger partial charge on any atom is 0.157 e. The van der Waals surface area contributed by atoms with Crippen molar-refractivity contribution in [3.05, 3.63) is 57.1 Å². The van der Waals surface area contributed by atoms with Gasteiger partial charge in [0.2, 0.25) is 0 Å². The molecule has 4 nitrogen and oxygen atoms in total. The summed E-state index contributed by atoms with van der Waals surface area (Å²) in [4.78, 5) is 3.73. The van der Waals surface area contributed by atoms with Crippen molar-refractivity contribution in [1.82, 2.24) is 4.57 Å². The van der Waals surface area contributed by atoms with E-state index in [1.165, 1.54) is 17.0 Å². The molecule has 2 aromatic rings. The van der Waals surface area contributed by atoms with Gasteiger partial charge in [-0.1, -0.05) is 12.2 Å². The number of nitrogens with one attached hydrogen (secondary N) is 1. The van der Waals surface area contributed by atoms with E-state index in [0.717, 1.165) is 55.4 Å². The molecule has 1 fully saturated rings. The highest BCUT2D eigenvalue weighted by molar-refractivity contribution is 7.71. The zero-order valence-electron chi connectivity index (χ0n) is 15.5. The number of benzene rings is 1. The van der Waals surface area contributed by atoms with Gasteiger partial charge in [0.05, 0.1) is 31.7 Å². The smallest absolute Gasteiger partial charge is 0.157 e. The largest absolute Gasteiger partial charge is 0.360 e. The van der Waals surface area contributed by atoms with Gasteiger partial charge in [-0.3, -0.25) is 4.57 Å². The van der Waals surface area contributed by atoms with Gasteiger partial charge in [-0.05, 0) is 56.2 Å². The lowest BCUT2D eigenvalue weighted by Crippen LogP contribution is -3.14. The minimum Gasteiger partial charge on any atom is -0.360 e. The van der Waals surface area contributed by atoms with Crippen molar-refractivity contribution in [2.45, 2.75) is 27.4 Å². The van der Waals surface area contributed by atoms with Crippen molar-refractivity contribution in [1.29, 1.82) is 5.26 Å². The van der Waals surface area contributed by atoms with Crippen LogP contribution in [0, 0.1) is 42.6 Å². The molecule has 0 unspecified atom stereocenters. The van der Waals surface area contributed by atoms with Gasteiger partial charge in [0.15, 0.2) is 6.67 Å². The molecule has 3 rings (SSSR count). The average Bonchev–Trinajstić information content (AvgIpc) is 2.65. The Hall–Kier alpha value is -2.23. The van der Waals surface area contributed by atoms with E-state index >= 15 is 0 Å². The van der Waals surface area contributed by atoms with Crippen LogP contribution in [0.15, 0.2) is 24.3 Å². The predicted molar refractivity (Wildman–Crippen MR) is 104 cm³/mol. The van der Waals surface area contributed by atoms with Gasteiger partial charge in [-0.25, -0.2) is 4.39 Å². The van der Waals surface area contributed by atoms with Crippen molar-refractivity contribution in [3.63, 3.8) is 0 Å². The second-order valence-corrected chi connectivity index (χ2v) is 7.31. The maximum atomic E-state index is 13.1. The first-order valence-electron chi connectivity index (χ1n) is 8.87. The van der Waals surface area contributed by atoms with Crippen molar-refractivity contribution < 1.29 is 9.29 Å². The normalized spacial score (nSPS) is 15.1. The lowest BCUT2D eigenvalue weighted by atomic mass is 10.0. The zero-order valence-corrected chi connectivity index (χ0v) is 16.3. The third-order valence-corrected chi connectivity index (χ3v) is 5.92. The fraction of sp³-hybridized carbons (Fsp3) is 0.400. The van der Waals surface area contributed by atoms with E-state index < -0.39 is 0 Å². The number of pyridine rings is 1. The number of hydrogen-bond acceptors (Lipinski definition) is 3. The molecule has 6 heteroatoms. The van der Waals surface area contributed by atoms with E-state index in [0.29, 0.717) is 10.2 Å². The molecule has 26 heavy (non-hydrogen) atoms. The molecule has 136 valence electrons. The number of quaternary nitrogens is 1. The number of nitrogens with zero attached hydrogens (tertiary/aromatic N) is 3. The Morgan fingerprint density at radius 1 is 1.12 bits per heavy atom. The number of hydrogen-bond donors (Lipinski definition) is 1. The molecular weight excluding hydrogens is 347 g/mol. The van der Waals surface area contributed by atoms with Crippen LogP contribution in [0.2, 0.25) is 0 Å². The standard InChI is InChI=1S/C20H23FN4S/c1-14-15(2)19(12-22)20(26)25(16(14)3)13-23-8-10-24(11-9-23)18-6-4-17(21)5-7-18/h4-7H,8-11,13H2,1-3H3/p+1. The molecule has 1 saturated heterocycles. The number of piperazine rings is 1. The van der Waals surface area contributed by atoms with Crippen molar-refractivity contribution in [3.8, 4) is 6.07 Å². The molecule has 1 aromatic carbocycles. The fourth-order valence-corrected chi connectivity index (χ4v) is 3.95. The van der Waals surface area contributed by atoms with E-state index in [-0.39, 0.29) is 5.82 Å². The summed E-state index contributed by atoms with van der Waals surface area (Å²) in [5.41, 5.74) is 4.95. The molecule has 0 bridgehead atoms. The number of aromatic nitrogens is 1. The highest BCUT2D eigenvalue weighted by atomic mass is 32.1. The second-order valence-electron chi connectivity index (χ2n) is 6.93. The zero-order chi connectivity index (χ0) is 18.8. The van der Waals surface area contributed by atoms with Gasteiger partial charge >= 0.3 is 0 Å². The van der Waals surface area contributed by atoms with Crippen LogP contribution < -0.4 is 9.80 Å². The topological polar surface area (TPSA) is 36.4 Å². The molecule has 0 spiro atoms. The number of rotatable bonds is 3. The number of halogens is 1. The van der Waals surface area contributed by atoms with Crippen LogP contribution >= 0.6 is 12.2 Å². The molecule has 0 aliphatic carbocycles. The predicted octanol–water partition coefficient (Wildman–Crippen LogP) is 2.52. The minimum atomic E-state index is -0.203. The van der Waals surface area contributed by atoms with Crippen LogP contribution in [0.4, 0.5) is 10.1 Å². The van der Waals surface area contributed by atoms with E-state index in [1.807, 2.05) is 19.1 Å². The van der Waals surface area contributed by atoms with Gasteiger partial charge in [0.25, 0.3) is 0 Å². The van der Waals surface area contributed by atoms with Crippen LogP contribution in [-0.4, -0.2) is 30.7 Å². The molecule has 1 aliphatic rings. The monoisotopic (exact) mass is 371 g/mol. The Bertz CT molecular complexity index is 903. The van der Waals surface area contributed by atoms with Gasteiger partial charge in [-0.2, -0.15) is 5.26 Å². The first-order valence-corrected chi connectivity index (χ1v) is 9.28.